The number of anilines is 1. The maximum absolute atomic E-state index is 12.0. The van der Waals surface area contributed by atoms with E-state index in [-0.39, 0.29) is 30.3 Å². The Morgan fingerprint density at radius 3 is 2.95 bits per heavy atom. The Kier molecular flexibility index (Phi) is 5.11. The van der Waals surface area contributed by atoms with Crippen molar-refractivity contribution in [1.82, 2.24) is 15.2 Å². The fraction of sp³-hybridized carbons (Fsp3) is 0.417. The summed E-state index contributed by atoms with van der Waals surface area (Å²) in [6.07, 6.45) is 4.11. The molecule has 1 unspecified atom stereocenters. The number of carbonyl (C=O) groups excluding carboxylic acids is 2. The van der Waals surface area contributed by atoms with Crippen molar-refractivity contribution in [2.45, 2.75) is 18.9 Å². The highest BCUT2D eigenvalue weighted by molar-refractivity contribution is 5.99. The molecule has 6 nitrogen and oxygen atoms in total. The van der Waals surface area contributed by atoms with Gasteiger partial charge >= 0.3 is 0 Å². The second kappa shape index (κ2) is 6.38. The van der Waals surface area contributed by atoms with E-state index in [0.717, 1.165) is 0 Å². The zero-order chi connectivity index (χ0) is 13.1. The molecule has 0 spiro atoms. The molecule has 1 saturated heterocycles. The van der Waals surface area contributed by atoms with E-state index >= 15 is 0 Å². The highest BCUT2D eigenvalue weighted by Gasteiger charge is 2.24. The van der Waals surface area contributed by atoms with Gasteiger partial charge in [-0.3, -0.25) is 14.6 Å². The van der Waals surface area contributed by atoms with Crippen LogP contribution in [0.2, 0.25) is 0 Å². The molecule has 0 saturated carbocycles. The van der Waals surface area contributed by atoms with E-state index in [1.165, 1.54) is 6.20 Å². The van der Waals surface area contributed by atoms with Crippen LogP contribution in [0.5, 0.6) is 0 Å². The van der Waals surface area contributed by atoms with Crippen LogP contribution in [-0.4, -0.2) is 41.3 Å². The lowest BCUT2D eigenvalue weighted by atomic mass is 10.1. The number of amides is 2. The van der Waals surface area contributed by atoms with Crippen LogP contribution in [0.1, 0.15) is 23.2 Å². The summed E-state index contributed by atoms with van der Waals surface area (Å²) in [6.45, 7) is 0.532. The summed E-state index contributed by atoms with van der Waals surface area (Å²) < 4.78 is 0. The number of hydrogen-bond donors (Lipinski definition) is 2. The predicted octanol–water partition coefficient (Wildman–Crippen LogP) is 0.436. The molecule has 1 aliphatic heterocycles. The van der Waals surface area contributed by atoms with E-state index in [9.17, 15) is 9.59 Å². The highest BCUT2D eigenvalue weighted by atomic mass is 35.5. The van der Waals surface area contributed by atoms with Gasteiger partial charge in [0.2, 0.25) is 5.91 Å². The average molecular weight is 285 g/mol. The SMILES string of the molecule is CN1CC(NC(=O)c2cnccc2N)CCC1=O.Cl. The number of likely N-dealkylation sites (tertiary alicyclic amines) is 1. The van der Waals surface area contributed by atoms with Crippen LogP contribution in [0.25, 0.3) is 0 Å². The van der Waals surface area contributed by atoms with Crippen LogP contribution < -0.4 is 11.1 Å². The zero-order valence-electron chi connectivity index (χ0n) is 10.6. The third-order valence-corrected chi connectivity index (χ3v) is 3.06. The minimum atomic E-state index is -0.242. The quantitative estimate of drug-likeness (QED) is 0.825. The molecule has 0 aromatic carbocycles. The van der Waals surface area contributed by atoms with Gasteiger partial charge in [-0.1, -0.05) is 0 Å². The normalized spacial score (nSPS) is 18.7. The van der Waals surface area contributed by atoms with Crippen molar-refractivity contribution in [3.05, 3.63) is 24.0 Å². The Labute approximate surface area is 117 Å². The minimum Gasteiger partial charge on any atom is -0.398 e. The van der Waals surface area contributed by atoms with Gasteiger partial charge in [0.05, 0.1) is 5.56 Å². The largest absolute Gasteiger partial charge is 0.398 e. The fourth-order valence-corrected chi connectivity index (χ4v) is 1.99. The van der Waals surface area contributed by atoms with Crippen LogP contribution >= 0.6 is 12.4 Å². The van der Waals surface area contributed by atoms with Crippen LogP contribution in [0.4, 0.5) is 5.69 Å². The number of pyridine rings is 1. The van der Waals surface area contributed by atoms with Gasteiger partial charge in [-0.25, -0.2) is 0 Å². The molecule has 2 heterocycles. The van der Waals surface area contributed by atoms with Crippen molar-refractivity contribution >= 4 is 29.9 Å². The first-order valence-electron chi connectivity index (χ1n) is 5.82. The number of nitrogen functional groups attached to an aromatic ring is 1. The molecule has 0 bridgehead atoms. The van der Waals surface area contributed by atoms with Gasteiger partial charge in [0.25, 0.3) is 5.91 Å². The maximum Gasteiger partial charge on any atom is 0.255 e. The summed E-state index contributed by atoms with van der Waals surface area (Å²) in [4.78, 5) is 28.8. The first kappa shape index (κ1) is 15.2. The molecule has 1 atom stereocenters. The fourth-order valence-electron chi connectivity index (χ4n) is 1.99. The Morgan fingerprint density at radius 2 is 2.32 bits per heavy atom. The molecule has 104 valence electrons. The number of nitrogens with two attached hydrogens (primary N) is 1. The van der Waals surface area contributed by atoms with Crippen molar-refractivity contribution < 1.29 is 9.59 Å². The number of piperidine rings is 1. The first-order valence-corrected chi connectivity index (χ1v) is 5.82. The molecule has 2 rings (SSSR count). The van der Waals surface area contributed by atoms with Gasteiger partial charge in [0.1, 0.15) is 0 Å². The second-order valence-electron chi connectivity index (χ2n) is 4.45. The first-order chi connectivity index (χ1) is 8.58. The van der Waals surface area contributed by atoms with Crippen LogP contribution in [0.15, 0.2) is 18.5 Å². The van der Waals surface area contributed by atoms with Crippen molar-refractivity contribution in [2.75, 3.05) is 19.3 Å². The Balaban J connectivity index is 0.00000180. The lowest BCUT2D eigenvalue weighted by Crippen LogP contribution is -2.48. The molecule has 1 aliphatic rings. The molecule has 1 fully saturated rings. The van der Waals surface area contributed by atoms with E-state index in [0.29, 0.717) is 30.6 Å². The summed E-state index contributed by atoms with van der Waals surface area (Å²) >= 11 is 0. The van der Waals surface area contributed by atoms with Crippen molar-refractivity contribution in [3.63, 3.8) is 0 Å². The van der Waals surface area contributed by atoms with Crippen molar-refractivity contribution in [1.29, 1.82) is 0 Å². The lowest BCUT2D eigenvalue weighted by molar-refractivity contribution is -0.132. The summed E-state index contributed by atoms with van der Waals surface area (Å²) in [6, 6.07) is 1.56. The van der Waals surface area contributed by atoms with Crippen molar-refractivity contribution in [2.24, 2.45) is 0 Å². The number of carbonyl (C=O) groups is 2. The smallest absolute Gasteiger partial charge is 0.255 e. The van der Waals surface area contributed by atoms with Gasteiger partial charge < -0.3 is 16.0 Å². The summed E-state index contributed by atoms with van der Waals surface area (Å²) in [7, 11) is 1.74. The molecule has 0 radical (unpaired) electrons. The van der Waals surface area contributed by atoms with Crippen LogP contribution in [-0.2, 0) is 4.79 Å². The maximum atomic E-state index is 12.0. The number of halogens is 1. The molecule has 1 aromatic rings. The number of nitrogens with one attached hydrogen (secondary N) is 1. The third-order valence-electron chi connectivity index (χ3n) is 3.06. The van der Waals surface area contributed by atoms with E-state index < -0.39 is 0 Å². The monoisotopic (exact) mass is 284 g/mol. The molecular weight excluding hydrogens is 268 g/mol. The molecule has 19 heavy (non-hydrogen) atoms. The number of aromatic nitrogens is 1. The standard InChI is InChI=1S/C12H16N4O2.ClH/c1-16-7-8(2-3-11(16)17)15-12(18)9-6-14-5-4-10(9)13;/h4-6,8H,2-3,7H2,1H3,(H2,13,14)(H,15,18);1H. The molecule has 7 heteroatoms. The molecule has 2 amide bonds. The van der Waals surface area contributed by atoms with Gasteiger partial charge in [0, 0.05) is 44.1 Å². The van der Waals surface area contributed by atoms with Gasteiger partial charge in [-0.2, -0.15) is 0 Å². The molecule has 1 aromatic heterocycles. The Morgan fingerprint density at radius 1 is 1.58 bits per heavy atom. The van der Waals surface area contributed by atoms with E-state index in [2.05, 4.69) is 10.3 Å². The van der Waals surface area contributed by atoms with Crippen LogP contribution in [0.3, 0.4) is 0 Å². The van der Waals surface area contributed by atoms with E-state index in [1.807, 2.05) is 0 Å². The highest BCUT2D eigenvalue weighted by Crippen LogP contribution is 2.12. The number of hydrogen-bond acceptors (Lipinski definition) is 4. The minimum absolute atomic E-state index is 0. The van der Waals surface area contributed by atoms with Crippen molar-refractivity contribution in [3.8, 4) is 0 Å². The number of nitrogens with zero attached hydrogens (tertiary/aromatic N) is 2. The Hall–Kier alpha value is -1.82. The number of likely N-dealkylation sites (N-methyl/N-ethyl adjacent to an activating group) is 1. The van der Waals surface area contributed by atoms with E-state index in [1.54, 1.807) is 24.2 Å². The summed E-state index contributed by atoms with van der Waals surface area (Å²) in [5, 5.41) is 2.87. The summed E-state index contributed by atoms with van der Waals surface area (Å²) in [5.74, 6) is -0.130. The molecule has 3 N–H and O–H groups in total. The Bertz CT molecular complexity index is 481. The molecular formula is C12H17ClN4O2. The zero-order valence-corrected chi connectivity index (χ0v) is 11.4. The third kappa shape index (κ3) is 3.57. The van der Waals surface area contributed by atoms with Crippen LogP contribution in [0, 0.1) is 0 Å². The van der Waals surface area contributed by atoms with Gasteiger partial charge in [-0.15, -0.1) is 12.4 Å². The lowest BCUT2D eigenvalue weighted by Gasteiger charge is -2.30. The van der Waals surface area contributed by atoms with E-state index in [4.69, 9.17) is 5.73 Å². The number of rotatable bonds is 2. The summed E-state index contributed by atoms with van der Waals surface area (Å²) in [5.41, 5.74) is 6.49. The molecule has 0 aliphatic carbocycles. The topological polar surface area (TPSA) is 88.3 Å². The average Bonchev–Trinajstić information content (AvgIpc) is 2.34. The predicted molar refractivity (Wildman–Crippen MR) is 74.0 cm³/mol. The van der Waals surface area contributed by atoms with Gasteiger partial charge in [0.15, 0.2) is 0 Å². The second-order valence-corrected chi connectivity index (χ2v) is 4.45. The van der Waals surface area contributed by atoms with Gasteiger partial charge in [-0.05, 0) is 12.5 Å².